The highest BCUT2D eigenvalue weighted by Gasteiger charge is 2.31. The van der Waals surface area contributed by atoms with Crippen LogP contribution in [-0.2, 0) is 4.79 Å². The van der Waals surface area contributed by atoms with E-state index in [0.717, 1.165) is 19.5 Å². The molecule has 2 unspecified atom stereocenters. The van der Waals surface area contributed by atoms with Crippen molar-refractivity contribution < 1.29 is 9.59 Å². The van der Waals surface area contributed by atoms with Crippen LogP contribution in [0.4, 0.5) is 4.79 Å². The lowest BCUT2D eigenvalue weighted by Crippen LogP contribution is -2.57. The number of carbonyl (C=O) groups excluding carboxylic acids is 2. The van der Waals surface area contributed by atoms with Gasteiger partial charge in [0, 0.05) is 19.1 Å². The van der Waals surface area contributed by atoms with E-state index in [-0.39, 0.29) is 17.9 Å². The van der Waals surface area contributed by atoms with Crippen molar-refractivity contribution in [3.8, 4) is 0 Å². The number of amides is 3. The second-order valence-electron chi connectivity index (χ2n) is 5.23. The number of nitrogens with one attached hydrogen (secondary N) is 1. The number of urea groups is 1. The molecule has 96 valence electrons. The van der Waals surface area contributed by atoms with Crippen LogP contribution in [0, 0.1) is 5.92 Å². The summed E-state index contributed by atoms with van der Waals surface area (Å²) in [6.45, 7) is 4.25. The summed E-state index contributed by atoms with van der Waals surface area (Å²) in [6, 6.07) is 0.210. The molecule has 0 aromatic heterocycles. The average molecular weight is 239 g/mol. The van der Waals surface area contributed by atoms with E-state index >= 15 is 0 Å². The average Bonchev–Trinajstić information content (AvgIpc) is 2.29. The van der Waals surface area contributed by atoms with E-state index in [1.807, 2.05) is 6.92 Å². The molecule has 0 bridgehead atoms. The molecular formula is C12H21N3O2. The van der Waals surface area contributed by atoms with Gasteiger partial charge >= 0.3 is 6.03 Å². The zero-order valence-electron chi connectivity index (χ0n) is 10.6. The molecule has 5 heteroatoms. The maximum atomic E-state index is 11.7. The molecule has 0 aliphatic carbocycles. The van der Waals surface area contributed by atoms with E-state index in [4.69, 9.17) is 0 Å². The number of carbonyl (C=O) groups is 2. The molecule has 3 amide bonds. The quantitative estimate of drug-likeness (QED) is 0.770. The van der Waals surface area contributed by atoms with Gasteiger partial charge in [-0.15, -0.1) is 0 Å². The van der Waals surface area contributed by atoms with Crippen LogP contribution >= 0.6 is 0 Å². The predicted molar refractivity (Wildman–Crippen MR) is 64.5 cm³/mol. The lowest BCUT2D eigenvalue weighted by molar-refractivity contribution is -0.125. The minimum Gasteiger partial charge on any atom is -0.322 e. The maximum Gasteiger partial charge on any atom is 0.324 e. The molecule has 2 atom stereocenters. The van der Waals surface area contributed by atoms with E-state index < -0.39 is 0 Å². The number of likely N-dealkylation sites (N-methyl/N-ethyl adjacent to an activating group) is 1. The number of hydrogen-bond donors (Lipinski definition) is 1. The lowest BCUT2D eigenvalue weighted by atomic mass is 10.0. The first-order chi connectivity index (χ1) is 8.08. The monoisotopic (exact) mass is 239 g/mol. The van der Waals surface area contributed by atoms with Crippen LogP contribution in [0.3, 0.4) is 0 Å². The molecule has 2 saturated heterocycles. The highest BCUT2D eigenvalue weighted by Crippen LogP contribution is 2.17. The van der Waals surface area contributed by atoms with E-state index in [1.165, 1.54) is 12.8 Å². The minimum absolute atomic E-state index is 0.0957. The molecule has 0 saturated carbocycles. The van der Waals surface area contributed by atoms with Crippen molar-refractivity contribution in [2.24, 2.45) is 5.92 Å². The first-order valence-corrected chi connectivity index (χ1v) is 6.38. The van der Waals surface area contributed by atoms with Gasteiger partial charge in [0.15, 0.2) is 0 Å². The summed E-state index contributed by atoms with van der Waals surface area (Å²) in [4.78, 5) is 27.1. The topological polar surface area (TPSA) is 52.6 Å². The molecule has 1 N–H and O–H groups in total. The molecule has 2 aliphatic rings. The van der Waals surface area contributed by atoms with Crippen LogP contribution in [0.2, 0.25) is 0 Å². The van der Waals surface area contributed by atoms with Crippen LogP contribution < -0.4 is 5.32 Å². The fraction of sp³-hybridized carbons (Fsp3) is 0.833. The molecule has 2 heterocycles. The van der Waals surface area contributed by atoms with E-state index in [2.05, 4.69) is 17.3 Å². The largest absolute Gasteiger partial charge is 0.324 e. The fourth-order valence-electron chi connectivity index (χ4n) is 2.59. The lowest BCUT2D eigenvalue weighted by Gasteiger charge is -2.38. The van der Waals surface area contributed by atoms with E-state index in [9.17, 15) is 9.59 Å². The van der Waals surface area contributed by atoms with Crippen molar-refractivity contribution in [3.63, 3.8) is 0 Å². The number of nitrogens with zero attached hydrogens (tertiary/aromatic N) is 2. The Bertz CT molecular complexity index is 319. The molecule has 2 rings (SSSR count). The van der Waals surface area contributed by atoms with Crippen molar-refractivity contribution in [2.75, 3.05) is 26.7 Å². The minimum atomic E-state index is -0.230. The molecule has 2 fully saturated rings. The molecule has 0 aromatic carbocycles. The first kappa shape index (κ1) is 12.4. The van der Waals surface area contributed by atoms with Crippen molar-refractivity contribution in [2.45, 2.75) is 32.2 Å². The Hall–Kier alpha value is -1.10. The highest BCUT2D eigenvalue weighted by molar-refractivity contribution is 5.97. The number of likely N-dealkylation sites (tertiary alicyclic amines) is 1. The highest BCUT2D eigenvalue weighted by atomic mass is 16.2. The summed E-state index contributed by atoms with van der Waals surface area (Å²) < 4.78 is 0. The number of imide groups is 1. The molecule has 0 radical (unpaired) electrons. The molecule has 0 spiro atoms. The van der Waals surface area contributed by atoms with Gasteiger partial charge < -0.3 is 9.80 Å². The summed E-state index contributed by atoms with van der Waals surface area (Å²) in [6.07, 6.45) is 3.62. The molecule has 17 heavy (non-hydrogen) atoms. The second-order valence-corrected chi connectivity index (χ2v) is 5.23. The normalized spacial score (nSPS) is 31.5. The Morgan fingerprint density at radius 2 is 2.12 bits per heavy atom. The van der Waals surface area contributed by atoms with Gasteiger partial charge in [-0.25, -0.2) is 4.79 Å². The smallest absolute Gasteiger partial charge is 0.322 e. The van der Waals surface area contributed by atoms with Gasteiger partial charge in [-0.2, -0.15) is 0 Å². The standard InChI is InChI=1S/C12H21N3O2/c1-9-7-15(12(17)13-11(9)16)8-10-5-3-4-6-14(10)2/h9-10H,3-8H2,1-2H3,(H,13,16,17). The third-order valence-corrected chi connectivity index (χ3v) is 3.81. The van der Waals surface area contributed by atoms with E-state index in [0.29, 0.717) is 12.6 Å². The van der Waals surface area contributed by atoms with Crippen molar-refractivity contribution in [3.05, 3.63) is 0 Å². The van der Waals surface area contributed by atoms with Crippen molar-refractivity contribution in [1.82, 2.24) is 15.1 Å². The first-order valence-electron chi connectivity index (χ1n) is 6.38. The molecule has 5 nitrogen and oxygen atoms in total. The van der Waals surface area contributed by atoms with E-state index in [1.54, 1.807) is 4.90 Å². The Labute approximate surface area is 102 Å². The molecule has 0 aromatic rings. The zero-order chi connectivity index (χ0) is 12.4. The van der Waals surface area contributed by atoms with Gasteiger partial charge in [0.2, 0.25) is 5.91 Å². The summed E-state index contributed by atoms with van der Waals surface area (Å²) >= 11 is 0. The molecular weight excluding hydrogens is 218 g/mol. The van der Waals surface area contributed by atoms with Gasteiger partial charge in [-0.3, -0.25) is 10.1 Å². The van der Waals surface area contributed by atoms with Gasteiger partial charge in [-0.1, -0.05) is 13.3 Å². The van der Waals surface area contributed by atoms with Gasteiger partial charge in [-0.05, 0) is 26.4 Å². The van der Waals surface area contributed by atoms with Gasteiger partial charge in [0.25, 0.3) is 0 Å². The Morgan fingerprint density at radius 1 is 1.35 bits per heavy atom. The Kier molecular flexibility index (Phi) is 3.66. The fourth-order valence-corrected chi connectivity index (χ4v) is 2.59. The van der Waals surface area contributed by atoms with Crippen molar-refractivity contribution >= 4 is 11.9 Å². The Balaban J connectivity index is 1.93. The summed E-state index contributed by atoms with van der Waals surface area (Å²) in [5, 5.41) is 2.41. The predicted octanol–water partition coefficient (Wildman–Crippen LogP) is 0.659. The van der Waals surface area contributed by atoms with Crippen LogP contribution in [-0.4, -0.2) is 54.5 Å². The zero-order valence-corrected chi connectivity index (χ0v) is 10.6. The van der Waals surface area contributed by atoms with Crippen molar-refractivity contribution in [1.29, 1.82) is 0 Å². The second kappa shape index (κ2) is 5.04. The van der Waals surface area contributed by atoms with Crippen LogP contribution in [0.15, 0.2) is 0 Å². The van der Waals surface area contributed by atoms with Crippen LogP contribution in [0.25, 0.3) is 0 Å². The summed E-state index contributed by atoms with van der Waals surface area (Å²) in [7, 11) is 2.11. The van der Waals surface area contributed by atoms with Crippen LogP contribution in [0.1, 0.15) is 26.2 Å². The third kappa shape index (κ3) is 2.77. The Morgan fingerprint density at radius 3 is 2.82 bits per heavy atom. The maximum absolute atomic E-state index is 11.7. The van der Waals surface area contributed by atoms with Gasteiger partial charge in [0.1, 0.15) is 0 Å². The number of rotatable bonds is 2. The number of hydrogen-bond acceptors (Lipinski definition) is 3. The SMILES string of the molecule is CC1CN(CC2CCCCN2C)C(=O)NC1=O. The number of piperidine rings is 1. The summed E-state index contributed by atoms with van der Waals surface area (Å²) in [5.74, 6) is -0.246. The summed E-state index contributed by atoms with van der Waals surface area (Å²) in [5.41, 5.74) is 0. The third-order valence-electron chi connectivity index (χ3n) is 3.81. The molecule has 2 aliphatic heterocycles. The van der Waals surface area contributed by atoms with Gasteiger partial charge in [0.05, 0.1) is 5.92 Å². The van der Waals surface area contributed by atoms with Crippen LogP contribution in [0.5, 0.6) is 0 Å².